The highest BCUT2D eigenvalue weighted by Gasteiger charge is 2.22. The van der Waals surface area contributed by atoms with Gasteiger partial charge in [-0.25, -0.2) is 0 Å². The fourth-order valence-corrected chi connectivity index (χ4v) is 3.98. The van der Waals surface area contributed by atoms with Crippen LogP contribution in [0.5, 0.6) is 0 Å². The molecule has 7 heteroatoms. The van der Waals surface area contributed by atoms with Crippen molar-refractivity contribution in [2.24, 2.45) is 0 Å². The predicted octanol–water partition coefficient (Wildman–Crippen LogP) is 5.12. The molecule has 0 radical (unpaired) electrons. The molecule has 168 valence electrons. The molecular formula is C26H25ClN4O2. The van der Waals surface area contributed by atoms with Crippen LogP contribution in [0.1, 0.15) is 18.1 Å². The molecule has 2 amide bonds. The Morgan fingerprint density at radius 1 is 1.00 bits per heavy atom. The van der Waals surface area contributed by atoms with Crippen LogP contribution in [0, 0.1) is 0 Å². The van der Waals surface area contributed by atoms with Gasteiger partial charge in [-0.05, 0) is 35.4 Å². The largest absolute Gasteiger partial charge is 0.380 e. The average molecular weight is 461 g/mol. The third-order valence-electron chi connectivity index (χ3n) is 5.36. The normalized spacial score (nSPS) is 11.7. The number of aromatic amines is 1. The molecule has 4 N–H and O–H groups in total. The molecule has 0 saturated heterocycles. The van der Waals surface area contributed by atoms with Gasteiger partial charge in [0.15, 0.2) is 0 Å². The smallest absolute Gasteiger partial charge is 0.247 e. The number of benzene rings is 3. The van der Waals surface area contributed by atoms with Crippen molar-refractivity contribution in [3.63, 3.8) is 0 Å². The molecule has 1 aromatic heterocycles. The van der Waals surface area contributed by atoms with Crippen LogP contribution in [0.15, 0.2) is 79.0 Å². The second-order valence-corrected chi connectivity index (χ2v) is 8.25. The number of carbonyl (C=O) groups is 2. The maximum absolute atomic E-state index is 13.0. The summed E-state index contributed by atoms with van der Waals surface area (Å²) in [4.78, 5) is 28.0. The molecule has 0 bridgehead atoms. The molecule has 4 aromatic rings. The van der Waals surface area contributed by atoms with Gasteiger partial charge in [0.2, 0.25) is 11.8 Å². The van der Waals surface area contributed by atoms with Crippen molar-refractivity contribution in [3.8, 4) is 0 Å². The minimum absolute atomic E-state index is 0.270. The SMILES string of the molecule is CC(=O)NC(Cc1c[nH]c2ccccc12)C(=O)Nc1ccc(NCc2ccccc2)c(Cl)c1. The Morgan fingerprint density at radius 3 is 2.52 bits per heavy atom. The van der Waals surface area contributed by atoms with E-state index < -0.39 is 6.04 Å². The lowest BCUT2D eigenvalue weighted by molar-refractivity contribution is -0.125. The van der Waals surface area contributed by atoms with Crippen molar-refractivity contribution in [1.82, 2.24) is 10.3 Å². The van der Waals surface area contributed by atoms with Crippen molar-refractivity contribution < 1.29 is 9.59 Å². The van der Waals surface area contributed by atoms with Crippen LogP contribution in [0.25, 0.3) is 10.9 Å². The van der Waals surface area contributed by atoms with Crippen molar-refractivity contribution in [2.45, 2.75) is 25.9 Å². The molecule has 1 atom stereocenters. The molecule has 0 spiro atoms. The Bertz CT molecular complexity index is 1270. The number of nitrogens with one attached hydrogen (secondary N) is 4. The molecule has 0 aliphatic carbocycles. The summed E-state index contributed by atoms with van der Waals surface area (Å²) in [5, 5.41) is 10.5. The van der Waals surface area contributed by atoms with Crippen molar-refractivity contribution >= 4 is 45.7 Å². The Hall–Kier alpha value is -3.77. The molecule has 33 heavy (non-hydrogen) atoms. The zero-order chi connectivity index (χ0) is 23.2. The van der Waals surface area contributed by atoms with E-state index in [1.807, 2.05) is 66.9 Å². The summed E-state index contributed by atoms with van der Waals surface area (Å²) < 4.78 is 0. The number of aromatic nitrogens is 1. The number of rotatable bonds is 8. The first-order chi connectivity index (χ1) is 16.0. The maximum Gasteiger partial charge on any atom is 0.247 e. The van der Waals surface area contributed by atoms with E-state index in [4.69, 9.17) is 11.6 Å². The number of H-pyrrole nitrogens is 1. The Morgan fingerprint density at radius 2 is 1.76 bits per heavy atom. The first kappa shape index (κ1) is 22.4. The summed E-state index contributed by atoms with van der Waals surface area (Å²) in [5.41, 5.74) is 4.42. The number of amides is 2. The molecule has 0 aliphatic rings. The first-order valence-corrected chi connectivity index (χ1v) is 11.1. The van der Waals surface area contributed by atoms with Gasteiger partial charge in [0.25, 0.3) is 0 Å². The number of fused-ring (bicyclic) bond motifs is 1. The lowest BCUT2D eigenvalue weighted by Gasteiger charge is -2.18. The van der Waals surface area contributed by atoms with Crippen LogP contribution in [0.2, 0.25) is 5.02 Å². The third kappa shape index (κ3) is 5.73. The summed E-state index contributed by atoms with van der Waals surface area (Å²) in [5.74, 6) is -0.579. The van der Waals surface area contributed by atoms with Gasteiger partial charge in [-0.15, -0.1) is 0 Å². The number of hydrogen-bond acceptors (Lipinski definition) is 3. The minimum atomic E-state index is -0.726. The molecular weight excluding hydrogens is 436 g/mol. The molecule has 4 rings (SSSR count). The van der Waals surface area contributed by atoms with Gasteiger partial charge >= 0.3 is 0 Å². The number of halogens is 1. The highest BCUT2D eigenvalue weighted by atomic mass is 35.5. The highest BCUT2D eigenvalue weighted by molar-refractivity contribution is 6.33. The highest BCUT2D eigenvalue weighted by Crippen LogP contribution is 2.26. The van der Waals surface area contributed by atoms with Gasteiger partial charge in [-0.1, -0.05) is 60.1 Å². The number of carbonyl (C=O) groups excluding carboxylic acids is 2. The minimum Gasteiger partial charge on any atom is -0.380 e. The van der Waals surface area contributed by atoms with E-state index >= 15 is 0 Å². The van der Waals surface area contributed by atoms with Gasteiger partial charge in [-0.3, -0.25) is 9.59 Å². The van der Waals surface area contributed by atoms with E-state index in [1.165, 1.54) is 6.92 Å². The van der Waals surface area contributed by atoms with Gasteiger partial charge in [-0.2, -0.15) is 0 Å². The van der Waals surface area contributed by atoms with Crippen LogP contribution < -0.4 is 16.0 Å². The van der Waals surface area contributed by atoms with Crippen LogP contribution in [0.4, 0.5) is 11.4 Å². The quantitative estimate of drug-likeness (QED) is 0.294. The molecule has 1 heterocycles. The summed E-state index contributed by atoms with van der Waals surface area (Å²) in [6.07, 6.45) is 2.23. The van der Waals surface area contributed by atoms with Crippen LogP contribution in [-0.2, 0) is 22.6 Å². The zero-order valence-electron chi connectivity index (χ0n) is 18.2. The number of hydrogen-bond donors (Lipinski definition) is 4. The van der Waals surface area contributed by atoms with E-state index in [2.05, 4.69) is 20.9 Å². The predicted molar refractivity (Wildman–Crippen MR) is 133 cm³/mol. The summed E-state index contributed by atoms with van der Waals surface area (Å²) in [7, 11) is 0. The van der Waals surface area contributed by atoms with Gasteiger partial charge in [0.1, 0.15) is 6.04 Å². The topological polar surface area (TPSA) is 86.0 Å². The van der Waals surface area contributed by atoms with Crippen molar-refractivity contribution in [1.29, 1.82) is 0 Å². The lowest BCUT2D eigenvalue weighted by atomic mass is 10.0. The van der Waals surface area contributed by atoms with Crippen LogP contribution in [-0.4, -0.2) is 22.8 Å². The second-order valence-electron chi connectivity index (χ2n) is 7.84. The summed E-state index contributed by atoms with van der Waals surface area (Å²) in [6.45, 7) is 2.04. The van der Waals surface area contributed by atoms with Gasteiger partial charge in [0, 0.05) is 42.7 Å². The monoisotopic (exact) mass is 460 g/mol. The molecule has 3 aromatic carbocycles. The average Bonchev–Trinajstić information content (AvgIpc) is 3.21. The van der Waals surface area contributed by atoms with E-state index in [1.54, 1.807) is 12.1 Å². The number of anilines is 2. The Balaban J connectivity index is 1.44. The molecule has 1 unspecified atom stereocenters. The van der Waals surface area contributed by atoms with E-state index in [0.29, 0.717) is 23.7 Å². The lowest BCUT2D eigenvalue weighted by Crippen LogP contribution is -2.44. The Kier molecular flexibility index (Phi) is 6.95. The zero-order valence-corrected chi connectivity index (χ0v) is 18.9. The molecule has 0 saturated carbocycles. The first-order valence-electron chi connectivity index (χ1n) is 10.7. The standard InChI is InChI=1S/C26H25ClN4O2/c1-17(32)30-25(13-19-16-29-23-10-6-5-9-21(19)23)26(33)31-20-11-12-24(22(27)14-20)28-15-18-7-3-2-4-8-18/h2-12,14,16,25,28-29H,13,15H2,1H3,(H,30,32)(H,31,33). The summed E-state index contributed by atoms with van der Waals surface area (Å²) in [6, 6.07) is 22.5. The van der Waals surface area contributed by atoms with Gasteiger partial charge < -0.3 is 20.9 Å². The number of para-hydroxylation sites is 1. The molecule has 0 aliphatic heterocycles. The van der Waals surface area contributed by atoms with E-state index in [0.717, 1.165) is 27.7 Å². The van der Waals surface area contributed by atoms with E-state index in [9.17, 15) is 9.59 Å². The molecule has 6 nitrogen and oxygen atoms in total. The summed E-state index contributed by atoms with van der Waals surface area (Å²) >= 11 is 6.44. The van der Waals surface area contributed by atoms with Crippen molar-refractivity contribution in [2.75, 3.05) is 10.6 Å². The van der Waals surface area contributed by atoms with Crippen molar-refractivity contribution in [3.05, 3.63) is 95.1 Å². The second kappa shape index (κ2) is 10.2. The maximum atomic E-state index is 13.0. The van der Waals surface area contributed by atoms with Crippen LogP contribution in [0.3, 0.4) is 0 Å². The molecule has 0 fully saturated rings. The van der Waals surface area contributed by atoms with Crippen LogP contribution >= 0.6 is 11.6 Å². The Labute approximate surface area is 197 Å². The fourth-order valence-electron chi connectivity index (χ4n) is 3.73. The fraction of sp³-hybridized carbons (Fsp3) is 0.154. The van der Waals surface area contributed by atoms with Gasteiger partial charge in [0.05, 0.1) is 10.7 Å². The third-order valence-corrected chi connectivity index (χ3v) is 5.67. The van der Waals surface area contributed by atoms with E-state index in [-0.39, 0.29) is 11.8 Å².